The molecule has 1 aromatic heterocycles. The van der Waals surface area contributed by atoms with Gasteiger partial charge in [-0.1, -0.05) is 23.7 Å². The largest absolute Gasteiger partial charge is 0.353 e. The molecule has 4 heteroatoms. The zero-order chi connectivity index (χ0) is 13.4. The van der Waals surface area contributed by atoms with Crippen LogP contribution in [0.15, 0.2) is 42.5 Å². The first-order valence-corrected chi connectivity index (χ1v) is 6.04. The molecule has 0 aliphatic heterocycles. The topological polar surface area (TPSA) is 39.6 Å². The molecule has 19 heavy (non-hydrogen) atoms. The van der Waals surface area contributed by atoms with Crippen LogP contribution >= 0.6 is 11.6 Å². The lowest BCUT2D eigenvalue weighted by Crippen LogP contribution is -1.81. The van der Waals surface area contributed by atoms with Gasteiger partial charge < -0.3 is 4.98 Å². The molecule has 0 amide bonds. The van der Waals surface area contributed by atoms with Crippen LogP contribution in [0.5, 0.6) is 0 Å². The van der Waals surface area contributed by atoms with Crippen molar-refractivity contribution in [3.8, 4) is 17.3 Å². The average molecular weight is 271 g/mol. The van der Waals surface area contributed by atoms with Crippen molar-refractivity contribution >= 4 is 22.5 Å². The van der Waals surface area contributed by atoms with Crippen LogP contribution in [-0.2, 0) is 0 Å². The van der Waals surface area contributed by atoms with Gasteiger partial charge in [0.05, 0.1) is 11.3 Å². The minimum atomic E-state index is -0.356. The molecule has 0 unspecified atom stereocenters. The lowest BCUT2D eigenvalue weighted by Gasteiger charge is -1.99. The first-order chi connectivity index (χ1) is 9.19. The second kappa shape index (κ2) is 4.42. The first kappa shape index (κ1) is 11.8. The summed E-state index contributed by atoms with van der Waals surface area (Å²) in [7, 11) is 0. The molecular formula is C15H8ClFN2. The molecule has 92 valence electrons. The standard InChI is InChI=1S/C15H8ClFN2/c16-10-3-1-9(2-4-10)15-13(8-18)12-7-11(17)5-6-14(12)19-15/h1-7,19H. The third kappa shape index (κ3) is 1.96. The van der Waals surface area contributed by atoms with Gasteiger partial charge in [0.1, 0.15) is 11.9 Å². The monoisotopic (exact) mass is 270 g/mol. The van der Waals surface area contributed by atoms with E-state index >= 15 is 0 Å². The summed E-state index contributed by atoms with van der Waals surface area (Å²) in [6.45, 7) is 0. The predicted octanol–water partition coefficient (Wildman–Crippen LogP) is 4.50. The van der Waals surface area contributed by atoms with E-state index in [0.29, 0.717) is 21.7 Å². The van der Waals surface area contributed by atoms with Crippen LogP contribution in [0.3, 0.4) is 0 Å². The Morgan fingerprint density at radius 3 is 2.53 bits per heavy atom. The van der Waals surface area contributed by atoms with Crippen molar-refractivity contribution in [3.05, 3.63) is 58.9 Å². The Hall–Kier alpha value is -2.31. The Morgan fingerprint density at radius 2 is 1.84 bits per heavy atom. The van der Waals surface area contributed by atoms with Gasteiger partial charge >= 0.3 is 0 Å². The summed E-state index contributed by atoms with van der Waals surface area (Å²) < 4.78 is 13.3. The van der Waals surface area contributed by atoms with Gasteiger partial charge in [0, 0.05) is 15.9 Å². The molecule has 2 nitrogen and oxygen atoms in total. The van der Waals surface area contributed by atoms with Gasteiger partial charge in [0.15, 0.2) is 0 Å². The number of nitrogens with zero attached hydrogens (tertiary/aromatic N) is 1. The third-order valence-electron chi connectivity index (χ3n) is 3.01. The molecule has 0 aliphatic carbocycles. The molecule has 0 fully saturated rings. The molecule has 3 aromatic rings. The minimum absolute atomic E-state index is 0.356. The zero-order valence-corrected chi connectivity index (χ0v) is 10.5. The highest BCUT2D eigenvalue weighted by Crippen LogP contribution is 2.30. The average Bonchev–Trinajstić information content (AvgIpc) is 2.77. The lowest BCUT2D eigenvalue weighted by atomic mass is 10.1. The summed E-state index contributed by atoms with van der Waals surface area (Å²) in [5.74, 6) is -0.356. The van der Waals surface area contributed by atoms with E-state index in [4.69, 9.17) is 11.6 Å². The Labute approximate surface area is 114 Å². The molecule has 1 heterocycles. The number of fused-ring (bicyclic) bond motifs is 1. The lowest BCUT2D eigenvalue weighted by molar-refractivity contribution is 0.629. The number of hydrogen-bond donors (Lipinski definition) is 1. The highest BCUT2D eigenvalue weighted by atomic mass is 35.5. The van der Waals surface area contributed by atoms with Crippen LogP contribution < -0.4 is 0 Å². The van der Waals surface area contributed by atoms with Crippen molar-refractivity contribution in [3.63, 3.8) is 0 Å². The van der Waals surface area contributed by atoms with Crippen molar-refractivity contribution in [2.24, 2.45) is 0 Å². The Balaban J connectivity index is 2.29. The molecule has 0 saturated carbocycles. The second-order valence-electron chi connectivity index (χ2n) is 4.18. The third-order valence-corrected chi connectivity index (χ3v) is 3.26. The molecular weight excluding hydrogens is 263 g/mol. The van der Waals surface area contributed by atoms with E-state index in [1.165, 1.54) is 12.1 Å². The fourth-order valence-corrected chi connectivity index (χ4v) is 2.24. The summed E-state index contributed by atoms with van der Waals surface area (Å²) in [5.41, 5.74) is 2.71. The maximum Gasteiger partial charge on any atom is 0.124 e. The quantitative estimate of drug-likeness (QED) is 0.695. The number of benzene rings is 2. The van der Waals surface area contributed by atoms with Gasteiger partial charge in [0.25, 0.3) is 0 Å². The number of aromatic amines is 1. The van der Waals surface area contributed by atoms with E-state index in [-0.39, 0.29) is 5.82 Å². The van der Waals surface area contributed by atoms with Crippen LogP contribution in [-0.4, -0.2) is 4.98 Å². The van der Waals surface area contributed by atoms with Crippen LogP contribution in [0.1, 0.15) is 5.56 Å². The van der Waals surface area contributed by atoms with Gasteiger partial charge in [-0.15, -0.1) is 0 Å². The smallest absolute Gasteiger partial charge is 0.124 e. The SMILES string of the molecule is N#Cc1c(-c2ccc(Cl)cc2)[nH]c2ccc(F)cc12. The maximum absolute atomic E-state index is 13.3. The van der Waals surface area contributed by atoms with Crippen LogP contribution in [0.2, 0.25) is 5.02 Å². The molecule has 0 bridgehead atoms. The number of nitriles is 1. The Morgan fingerprint density at radius 1 is 1.11 bits per heavy atom. The van der Waals surface area contributed by atoms with Gasteiger partial charge in [-0.3, -0.25) is 0 Å². The fraction of sp³-hybridized carbons (Fsp3) is 0. The first-order valence-electron chi connectivity index (χ1n) is 5.66. The highest BCUT2D eigenvalue weighted by Gasteiger charge is 2.13. The molecule has 0 saturated heterocycles. The van der Waals surface area contributed by atoms with Crippen LogP contribution in [0.25, 0.3) is 22.2 Å². The fourth-order valence-electron chi connectivity index (χ4n) is 2.11. The number of halogens is 2. The second-order valence-corrected chi connectivity index (χ2v) is 4.62. The van der Waals surface area contributed by atoms with Crippen molar-refractivity contribution < 1.29 is 4.39 Å². The van der Waals surface area contributed by atoms with Gasteiger partial charge in [0.2, 0.25) is 0 Å². The summed E-state index contributed by atoms with van der Waals surface area (Å²) in [4.78, 5) is 3.15. The summed E-state index contributed by atoms with van der Waals surface area (Å²) in [6.07, 6.45) is 0. The van der Waals surface area contributed by atoms with E-state index in [1.54, 1.807) is 18.2 Å². The van der Waals surface area contributed by atoms with E-state index < -0.39 is 0 Å². The number of aromatic nitrogens is 1. The molecule has 3 rings (SSSR count). The molecule has 2 aromatic carbocycles. The number of nitrogens with one attached hydrogen (secondary N) is 1. The Bertz CT molecular complexity index is 797. The molecule has 0 radical (unpaired) electrons. The van der Waals surface area contributed by atoms with Crippen LogP contribution in [0.4, 0.5) is 4.39 Å². The molecule has 0 atom stereocenters. The van der Waals surface area contributed by atoms with Gasteiger partial charge in [-0.2, -0.15) is 5.26 Å². The summed E-state index contributed by atoms with van der Waals surface area (Å²) >= 11 is 5.85. The number of H-pyrrole nitrogens is 1. The van der Waals surface area contributed by atoms with E-state index in [0.717, 1.165) is 11.1 Å². The van der Waals surface area contributed by atoms with E-state index in [9.17, 15) is 9.65 Å². The van der Waals surface area contributed by atoms with Gasteiger partial charge in [-0.05, 0) is 35.9 Å². The van der Waals surface area contributed by atoms with Crippen molar-refractivity contribution in [2.45, 2.75) is 0 Å². The summed E-state index contributed by atoms with van der Waals surface area (Å²) in [5, 5.41) is 10.5. The highest BCUT2D eigenvalue weighted by molar-refractivity contribution is 6.30. The molecule has 0 spiro atoms. The molecule has 1 N–H and O–H groups in total. The Kier molecular flexibility index (Phi) is 2.73. The predicted molar refractivity (Wildman–Crippen MR) is 73.4 cm³/mol. The van der Waals surface area contributed by atoms with Crippen molar-refractivity contribution in [1.29, 1.82) is 5.26 Å². The van der Waals surface area contributed by atoms with Crippen LogP contribution in [0, 0.1) is 17.1 Å². The maximum atomic E-state index is 13.3. The van der Waals surface area contributed by atoms with Crippen molar-refractivity contribution in [2.75, 3.05) is 0 Å². The van der Waals surface area contributed by atoms with Crippen molar-refractivity contribution in [1.82, 2.24) is 4.98 Å². The summed E-state index contributed by atoms with van der Waals surface area (Å²) in [6, 6.07) is 13.6. The number of hydrogen-bond acceptors (Lipinski definition) is 1. The molecule has 0 aliphatic rings. The normalized spacial score (nSPS) is 10.6. The minimum Gasteiger partial charge on any atom is -0.353 e. The number of rotatable bonds is 1. The van der Waals surface area contributed by atoms with E-state index in [1.807, 2.05) is 12.1 Å². The zero-order valence-electron chi connectivity index (χ0n) is 9.74. The van der Waals surface area contributed by atoms with Gasteiger partial charge in [-0.25, -0.2) is 4.39 Å². The van der Waals surface area contributed by atoms with E-state index in [2.05, 4.69) is 11.1 Å².